The number of halogens is 1. The SMILES string of the molecule is CCC[N+](C)(C)C.NC(=O)C=Cc1ccccc1.[Cl-]. The van der Waals surface area contributed by atoms with Gasteiger partial charge in [0.15, 0.2) is 0 Å². The highest BCUT2D eigenvalue weighted by molar-refractivity contribution is 5.90. The summed E-state index contributed by atoms with van der Waals surface area (Å²) in [5.74, 6) is -0.422. The lowest BCUT2D eigenvalue weighted by atomic mass is 10.2. The molecular weight excluding hydrogens is 260 g/mol. The first kappa shape index (κ1) is 20.0. The molecule has 0 atom stereocenters. The molecule has 0 aromatic heterocycles. The van der Waals surface area contributed by atoms with E-state index in [1.807, 2.05) is 30.3 Å². The van der Waals surface area contributed by atoms with E-state index in [1.54, 1.807) is 6.08 Å². The smallest absolute Gasteiger partial charge is 0.241 e. The first-order chi connectivity index (χ1) is 8.35. The standard InChI is InChI=1S/C9H9NO.C6H16N.ClH/c10-9(11)7-6-8-4-2-1-3-5-8;1-5-6-7(2,3)4;/h1-7H,(H2,10,11);5-6H2,1-4H3;1H/q;+1;/p-1. The summed E-state index contributed by atoms with van der Waals surface area (Å²) in [6.45, 7) is 3.49. The number of hydrogen-bond donors (Lipinski definition) is 1. The largest absolute Gasteiger partial charge is 1.00 e. The highest BCUT2D eigenvalue weighted by Gasteiger charge is 2.01. The van der Waals surface area contributed by atoms with Crippen LogP contribution >= 0.6 is 0 Å². The minimum atomic E-state index is -0.422. The van der Waals surface area contributed by atoms with Gasteiger partial charge in [-0.2, -0.15) is 0 Å². The highest BCUT2D eigenvalue weighted by atomic mass is 35.5. The molecule has 0 unspecified atom stereocenters. The molecule has 0 fully saturated rings. The Hall–Kier alpha value is -1.32. The molecule has 1 aromatic carbocycles. The van der Waals surface area contributed by atoms with Crippen LogP contribution in [0.1, 0.15) is 18.9 Å². The maximum atomic E-state index is 10.3. The van der Waals surface area contributed by atoms with Crippen molar-refractivity contribution in [2.24, 2.45) is 5.73 Å². The Morgan fingerprint density at radius 2 is 1.74 bits per heavy atom. The molecule has 0 aliphatic rings. The maximum Gasteiger partial charge on any atom is 0.241 e. The lowest BCUT2D eigenvalue weighted by Gasteiger charge is -2.22. The summed E-state index contributed by atoms with van der Waals surface area (Å²) in [5, 5.41) is 0. The molecule has 0 radical (unpaired) electrons. The lowest BCUT2D eigenvalue weighted by molar-refractivity contribution is -0.870. The molecule has 4 heteroatoms. The molecule has 0 aliphatic heterocycles. The Labute approximate surface area is 123 Å². The van der Waals surface area contributed by atoms with Crippen LogP contribution in [0.25, 0.3) is 6.08 Å². The van der Waals surface area contributed by atoms with Crippen molar-refractivity contribution in [3.8, 4) is 0 Å². The van der Waals surface area contributed by atoms with Crippen LogP contribution in [0.5, 0.6) is 0 Å². The number of amides is 1. The zero-order chi connectivity index (χ0) is 14.0. The van der Waals surface area contributed by atoms with Gasteiger partial charge in [-0.15, -0.1) is 0 Å². The van der Waals surface area contributed by atoms with Crippen LogP contribution < -0.4 is 18.1 Å². The van der Waals surface area contributed by atoms with E-state index in [4.69, 9.17) is 5.73 Å². The molecule has 1 rings (SSSR count). The molecule has 0 saturated carbocycles. The maximum absolute atomic E-state index is 10.3. The zero-order valence-corrected chi connectivity index (χ0v) is 13.0. The average molecular weight is 285 g/mol. The van der Waals surface area contributed by atoms with Gasteiger partial charge >= 0.3 is 0 Å². The Bertz CT molecular complexity index is 369. The molecule has 19 heavy (non-hydrogen) atoms. The second-order valence-corrected chi connectivity index (χ2v) is 5.16. The van der Waals surface area contributed by atoms with Crippen molar-refractivity contribution < 1.29 is 21.7 Å². The van der Waals surface area contributed by atoms with Gasteiger partial charge in [-0.25, -0.2) is 0 Å². The van der Waals surface area contributed by atoms with Crippen LogP contribution in [-0.4, -0.2) is 38.1 Å². The lowest BCUT2D eigenvalue weighted by Crippen LogP contribution is -3.00. The van der Waals surface area contributed by atoms with Crippen LogP contribution in [0, 0.1) is 0 Å². The summed E-state index contributed by atoms with van der Waals surface area (Å²) in [7, 11) is 6.64. The van der Waals surface area contributed by atoms with Crippen LogP contribution in [0.2, 0.25) is 0 Å². The van der Waals surface area contributed by atoms with Crippen molar-refractivity contribution >= 4 is 12.0 Å². The number of quaternary nitrogens is 1. The number of nitrogens with zero attached hydrogens (tertiary/aromatic N) is 1. The van der Waals surface area contributed by atoms with E-state index in [1.165, 1.54) is 19.0 Å². The molecule has 0 bridgehead atoms. The van der Waals surface area contributed by atoms with Crippen LogP contribution in [-0.2, 0) is 4.79 Å². The van der Waals surface area contributed by atoms with Crippen molar-refractivity contribution in [2.75, 3.05) is 27.7 Å². The molecule has 0 spiro atoms. The molecular formula is C15H25ClN2O. The predicted octanol–water partition coefficient (Wildman–Crippen LogP) is -0.708. The molecule has 2 N–H and O–H groups in total. The third-order valence-electron chi connectivity index (χ3n) is 2.13. The Kier molecular flexibility index (Phi) is 11.1. The van der Waals surface area contributed by atoms with Crippen molar-refractivity contribution in [2.45, 2.75) is 13.3 Å². The minimum Gasteiger partial charge on any atom is -1.00 e. The van der Waals surface area contributed by atoms with E-state index in [-0.39, 0.29) is 12.4 Å². The monoisotopic (exact) mass is 284 g/mol. The number of primary amides is 1. The third kappa shape index (κ3) is 14.6. The Morgan fingerprint density at radius 3 is 2.05 bits per heavy atom. The number of benzene rings is 1. The van der Waals surface area contributed by atoms with Gasteiger partial charge in [-0.05, 0) is 18.1 Å². The summed E-state index contributed by atoms with van der Waals surface area (Å²) in [6, 6.07) is 9.53. The van der Waals surface area contributed by atoms with Crippen LogP contribution in [0.3, 0.4) is 0 Å². The van der Waals surface area contributed by atoms with E-state index in [2.05, 4.69) is 28.1 Å². The van der Waals surface area contributed by atoms with Gasteiger partial charge in [0.25, 0.3) is 0 Å². The highest BCUT2D eigenvalue weighted by Crippen LogP contribution is 1.99. The number of hydrogen-bond acceptors (Lipinski definition) is 1. The van der Waals surface area contributed by atoms with Crippen molar-refractivity contribution in [1.82, 2.24) is 0 Å². The van der Waals surface area contributed by atoms with E-state index >= 15 is 0 Å². The predicted molar refractivity (Wildman–Crippen MR) is 77.9 cm³/mol. The van der Waals surface area contributed by atoms with Gasteiger partial charge < -0.3 is 22.6 Å². The molecule has 108 valence electrons. The van der Waals surface area contributed by atoms with E-state index in [0.29, 0.717) is 0 Å². The molecule has 1 aromatic rings. The summed E-state index contributed by atoms with van der Waals surface area (Å²) in [6.07, 6.45) is 4.31. The number of nitrogens with two attached hydrogens (primary N) is 1. The number of rotatable bonds is 4. The van der Waals surface area contributed by atoms with Gasteiger partial charge in [-0.3, -0.25) is 4.79 Å². The van der Waals surface area contributed by atoms with Crippen LogP contribution in [0.4, 0.5) is 0 Å². The number of carbonyl (C=O) groups is 1. The second-order valence-electron chi connectivity index (χ2n) is 5.16. The molecule has 0 saturated heterocycles. The normalized spacial score (nSPS) is 10.3. The molecule has 0 heterocycles. The zero-order valence-electron chi connectivity index (χ0n) is 12.3. The third-order valence-corrected chi connectivity index (χ3v) is 2.13. The van der Waals surface area contributed by atoms with Gasteiger partial charge in [0, 0.05) is 6.08 Å². The van der Waals surface area contributed by atoms with E-state index in [9.17, 15) is 4.79 Å². The topological polar surface area (TPSA) is 43.1 Å². The van der Waals surface area contributed by atoms with Crippen LogP contribution in [0.15, 0.2) is 36.4 Å². The summed E-state index contributed by atoms with van der Waals surface area (Å²) >= 11 is 0. The van der Waals surface area contributed by atoms with E-state index < -0.39 is 5.91 Å². The average Bonchev–Trinajstić information content (AvgIpc) is 2.27. The Balaban J connectivity index is 0. The molecule has 3 nitrogen and oxygen atoms in total. The fourth-order valence-corrected chi connectivity index (χ4v) is 1.41. The molecule has 0 aliphatic carbocycles. The second kappa shape index (κ2) is 10.6. The van der Waals surface area contributed by atoms with Gasteiger partial charge in [0.2, 0.25) is 5.91 Å². The summed E-state index contributed by atoms with van der Waals surface area (Å²) < 4.78 is 1.09. The fraction of sp³-hybridized carbons (Fsp3) is 0.400. The molecule has 1 amide bonds. The van der Waals surface area contributed by atoms with Crippen molar-refractivity contribution in [3.05, 3.63) is 42.0 Å². The van der Waals surface area contributed by atoms with Gasteiger partial charge in [0.05, 0.1) is 27.7 Å². The van der Waals surface area contributed by atoms with E-state index in [0.717, 1.165) is 10.0 Å². The fourth-order valence-electron chi connectivity index (χ4n) is 1.41. The minimum absolute atomic E-state index is 0. The number of carbonyl (C=O) groups excluding carboxylic acids is 1. The summed E-state index contributed by atoms with van der Waals surface area (Å²) in [4.78, 5) is 10.3. The summed E-state index contributed by atoms with van der Waals surface area (Å²) in [5.41, 5.74) is 5.89. The van der Waals surface area contributed by atoms with Crippen molar-refractivity contribution in [1.29, 1.82) is 0 Å². The van der Waals surface area contributed by atoms with Gasteiger partial charge in [0.1, 0.15) is 0 Å². The van der Waals surface area contributed by atoms with Crippen molar-refractivity contribution in [3.63, 3.8) is 0 Å². The first-order valence-electron chi connectivity index (χ1n) is 6.18. The first-order valence-corrected chi connectivity index (χ1v) is 6.18. The quantitative estimate of drug-likeness (QED) is 0.576. The van der Waals surface area contributed by atoms with Gasteiger partial charge in [-0.1, -0.05) is 37.3 Å². The Morgan fingerprint density at radius 1 is 1.21 bits per heavy atom.